The van der Waals surface area contributed by atoms with Crippen LogP contribution in [0.25, 0.3) is 11.3 Å². The molecule has 0 unspecified atom stereocenters. The molecule has 0 radical (unpaired) electrons. The van der Waals surface area contributed by atoms with Gasteiger partial charge in [0.05, 0.1) is 10.6 Å². The average Bonchev–Trinajstić information content (AvgIpc) is 3.17. The molecule has 0 fully saturated rings. The minimum atomic E-state index is -0.459. The van der Waals surface area contributed by atoms with Crippen LogP contribution in [-0.2, 0) is 13.5 Å². The number of carbonyl (C=O) groups excluding carboxylic acids is 1. The van der Waals surface area contributed by atoms with Gasteiger partial charge in [-0.3, -0.25) is 9.48 Å². The van der Waals surface area contributed by atoms with E-state index in [0.717, 1.165) is 27.3 Å². The van der Waals surface area contributed by atoms with Crippen LogP contribution in [0, 0.1) is 12.7 Å². The molecule has 0 saturated carbocycles. The highest BCUT2D eigenvalue weighted by molar-refractivity contribution is 7.14. The van der Waals surface area contributed by atoms with Crippen molar-refractivity contribution in [3.8, 4) is 11.3 Å². The fourth-order valence-electron chi connectivity index (χ4n) is 3.28. The SMILES string of the molecule is Cc1sc(C(N)=O)c([C@@H](CN)Cc2ccc(F)cc2)c1-c1ccnn1C. The van der Waals surface area contributed by atoms with Crippen molar-refractivity contribution in [3.63, 3.8) is 0 Å². The standard InChI is InChI=1S/C19H21FN4OS/c1-11-16(15-7-8-23-24(15)2)17(18(26-11)19(22)25)13(10-21)9-12-3-5-14(20)6-4-12/h3-8,13H,9-10,21H2,1-2H3,(H2,22,25)/t13-/m1/s1. The Morgan fingerprint density at radius 1 is 1.31 bits per heavy atom. The van der Waals surface area contributed by atoms with Crippen LogP contribution < -0.4 is 11.5 Å². The van der Waals surface area contributed by atoms with Gasteiger partial charge in [-0.1, -0.05) is 12.1 Å². The molecule has 2 heterocycles. The summed E-state index contributed by atoms with van der Waals surface area (Å²) >= 11 is 1.38. The summed E-state index contributed by atoms with van der Waals surface area (Å²) in [6.07, 6.45) is 2.32. The third-order valence-corrected chi connectivity index (χ3v) is 5.65. The molecule has 4 N–H and O–H groups in total. The lowest BCUT2D eigenvalue weighted by Gasteiger charge is -2.18. The van der Waals surface area contributed by atoms with Crippen LogP contribution in [0.1, 0.15) is 31.6 Å². The highest BCUT2D eigenvalue weighted by Crippen LogP contribution is 2.41. The van der Waals surface area contributed by atoms with Crippen LogP contribution in [0.5, 0.6) is 0 Å². The number of hydrogen-bond acceptors (Lipinski definition) is 4. The number of nitrogens with zero attached hydrogens (tertiary/aromatic N) is 2. The van der Waals surface area contributed by atoms with E-state index in [4.69, 9.17) is 11.5 Å². The van der Waals surface area contributed by atoms with E-state index in [0.29, 0.717) is 17.8 Å². The fraction of sp³-hybridized carbons (Fsp3) is 0.263. The molecule has 3 rings (SSSR count). The van der Waals surface area contributed by atoms with E-state index in [2.05, 4.69) is 5.10 Å². The van der Waals surface area contributed by atoms with Gasteiger partial charge in [-0.25, -0.2) is 4.39 Å². The summed E-state index contributed by atoms with van der Waals surface area (Å²) in [5.74, 6) is -0.852. The number of benzene rings is 1. The third-order valence-electron chi connectivity index (χ3n) is 4.51. The molecule has 0 aliphatic heterocycles. The molecule has 0 aliphatic carbocycles. The predicted molar refractivity (Wildman–Crippen MR) is 102 cm³/mol. The van der Waals surface area contributed by atoms with Crippen molar-refractivity contribution in [1.29, 1.82) is 0 Å². The second-order valence-corrected chi connectivity index (χ2v) is 7.47. The van der Waals surface area contributed by atoms with Gasteiger partial charge in [0.25, 0.3) is 5.91 Å². The van der Waals surface area contributed by atoms with Crippen molar-refractivity contribution >= 4 is 17.2 Å². The monoisotopic (exact) mass is 372 g/mol. The van der Waals surface area contributed by atoms with Crippen molar-refractivity contribution < 1.29 is 9.18 Å². The smallest absolute Gasteiger partial charge is 0.259 e. The number of primary amides is 1. The molecule has 1 atom stereocenters. The summed E-state index contributed by atoms with van der Waals surface area (Å²) in [5.41, 5.74) is 15.4. The van der Waals surface area contributed by atoms with Gasteiger partial charge in [-0.05, 0) is 49.2 Å². The van der Waals surface area contributed by atoms with Crippen LogP contribution in [0.4, 0.5) is 4.39 Å². The minimum absolute atomic E-state index is 0.113. The number of halogens is 1. The number of amides is 1. The molecule has 0 bridgehead atoms. The van der Waals surface area contributed by atoms with Gasteiger partial charge in [-0.15, -0.1) is 11.3 Å². The number of rotatable bonds is 6. The third kappa shape index (κ3) is 3.40. The molecule has 1 aromatic carbocycles. The summed E-state index contributed by atoms with van der Waals surface area (Å²) < 4.78 is 15.0. The van der Waals surface area contributed by atoms with Gasteiger partial charge in [0.1, 0.15) is 5.82 Å². The molecule has 1 amide bonds. The van der Waals surface area contributed by atoms with E-state index < -0.39 is 5.91 Å². The largest absolute Gasteiger partial charge is 0.365 e. The molecular weight excluding hydrogens is 351 g/mol. The molecule has 0 saturated heterocycles. The Morgan fingerprint density at radius 3 is 2.54 bits per heavy atom. The predicted octanol–water partition coefficient (Wildman–Crippen LogP) is 2.98. The van der Waals surface area contributed by atoms with Gasteiger partial charge < -0.3 is 11.5 Å². The van der Waals surface area contributed by atoms with E-state index in [1.807, 2.05) is 20.0 Å². The number of hydrogen-bond donors (Lipinski definition) is 2. The molecule has 0 aliphatic rings. The molecular formula is C19H21FN4OS. The fourth-order valence-corrected chi connectivity index (χ4v) is 4.38. The highest BCUT2D eigenvalue weighted by Gasteiger charge is 2.27. The van der Waals surface area contributed by atoms with Crippen LogP contribution in [0.2, 0.25) is 0 Å². The topological polar surface area (TPSA) is 86.9 Å². The van der Waals surface area contributed by atoms with Crippen molar-refractivity contribution in [2.24, 2.45) is 18.5 Å². The van der Waals surface area contributed by atoms with Crippen molar-refractivity contribution in [2.75, 3.05) is 6.54 Å². The maximum absolute atomic E-state index is 13.2. The second kappa shape index (κ2) is 7.39. The molecule has 0 spiro atoms. The zero-order valence-corrected chi connectivity index (χ0v) is 15.5. The van der Waals surface area contributed by atoms with Gasteiger partial charge >= 0.3 is 0 Å². The Labute approximate surface area is 155 Å². The van der Waals surface area contributed by atoms with Crippen LogP contribution in [0.3, 0.4) is 0 Å². The summed E-state index contributed by atoms with van der Waals surface area (Å²) in [6, 6.07) is 8.25. The van der Waals surface area contributed by atoms with E-state index in [9.17, 15) is 9.18 Å². The van der Waals surface area contributed by atoms with Crippen molar-refractivity contribution in [1.82, 2.24) is 9.78 Å². The van der Waals surface area contributed by atoms with Crippen LogP contribution in [0.15, 0.2) is 36.5 Å². The summed E-state index contributed by atoms with van der Waals surface area (Å²) in [4.78, 5) is 13.6. The number of aryl methyl sites for hydroxylation is 2. The second-order valence-electron chi connectivity index (χ2n) is 6.24. The van der Waals surface area contributed by atoms with Gasteiger partial charge in [-0.2, -0.15) is 5.10 Å². The Morgan fingerprint density at radius 2 is 2.00 bits per heavy atom. The Kier molecular flexibility index (Phi) is 5.20. The zero-order chi connectivity index (χ0) is 18.8. The quantitative estimate of drug-likeness (QED) is 0.697. The lowest BCUT2D eigenvalue weighted by Crippen LogP contribution is -2.20. The van der Waals surface area contributed by atoms with Crippen molar-refractivity contribution in [3.05, 3.63) is 63.2 Å². The maximum atomic E-state index is 13.2. The number of carbonyl (C=O) groups is 1. The lowest BCUT2D eigenvalue weighted by atomic mass is 9.87. The first-order valence-corrected chi connectivity index (χ1v) is 9.10. The summed E-state index contributed by atoms with van der Waals surface area (Å²) in [6.45, 7) is 2.31. The normalized spacial score (nSPS) is 12.3. The maximum Gasteiger partial charge on any atom is 0.259 e. The van der Waals surface area contributed by atoms with E-state index >= 15 is 0 Å². The first kappa shape index (κ1) is 18.3. The Hall–Kier alpha value is -2.51. The first-order valence-electron chi connectivity index (χ1n) is 8.28. The average molecular weight is 372 g/mol. The molecule has 7 heteroatoms. The number of thiophene rings is 1. The summed E-state index contributed by atoms with van der Waals surface area (Å²) in [7, 11) is 1.86. The van der Waals surface area contributed by atoms with E-state index in [1.54, 1.807) is 23.0 Å². The Bertz CT molecular complexity index is 930. The molecule has 5 nitrogen and oxygen atoms in total. The lowest BCUT2D eigenvalue weighted by molar-refractivity contribution is 0.100. The summed E-state index contributed by atoms with van der Waals surface area (Å²) in [5, 5.41) is 4.24. The van der Waals surface area contributed by atoms with E-state index in [1.165, 1.54) is 23.5 Å². The highest BCUT2D eigenvalue weighted by atomic mass is 32.1. The molecule has 26 heavy (non-hydrogen) atoms. The number of aromatic nitrogens is 2. The van der Waals surface area contributed by atoms with E-state index in [-0.39, 0.29) is 11.7 Å². The van der Waals surface area contributed by atoms with Gasteiger partial charge in [0.2, 0.25) is 0 Å². The zero-order valence-electron chi connectivity index (χ0n) is 14.7. The minimum Gasteiger partial charge on any atom is -0.365 e. The molecule has 136 valence electrons. The van der Waals surface area contributed by atoms with Crippen LogP contribution in [-0.4, -0.2) is 22.2 Å². The molecule has 3 aromatic rings. The van der Waals surface area contributed by atoms with Gasteiger partial charge in [0.15, 0.2) is 0 Å². The van der Waals surface area contributed by atoms with Gasteiger partial charge in [0, 0.05) is 29.6 Å². The van der Waals surface area contributed by atoms with Crippen molar-refractivity contribution in [2.45, 2.75) is 19.3 Å². The number of nitrogens with two attached hydrogens (primary N) is 2. The first-order chi connectivity index (χ1) is 12.4. The molecule has 2 aromatic heterocycles. The Balaban J connectivity index is 2.12. The van der Waals surface area contributed by atoms with Crippen LogP contribution >= 0.6 is 11.3 Å².